The zero-order valence-corrected chi connectivity index (χ0v) is 10.9. The van der Waals surface area contributed by atoms with E-state index in [1.54, 1.807) is 16.0 Å². The summed E-state index contributed by atoms with van der Waals surface area (Å²) in [6, 6.07) is 8.17. The van der Waals surface area contributed by atoms with Crippen LogP contribution in [0, 0.1) is 6.92 Å². The van der Waals surface area contributed by atoms with E-state index in [0.717, 1.165) is 11.4 Å². The monoisotopic (exact) mass is 257 g/mol. The summed E-state index contributed by atoms with van der Waals surface area (Å²) in [5.41, 5.74) is 2.14. The number of thiophene rings is 1. The van der Waals surface area contributed by atoms with E-state index < -0.39 is 0 Å². The molecule has 0 aliphatic heterocycles. The minimum atomic E-state index is -0.0599. The molecule has 4 nitrogen and oxygen atoms in total. The Balaban J connectivity index is 2.16. The molecule has 18 heavy (non-hydrogen) atoms. The van der Waals surface area contributed by atoms with Gasteiger partial charge in [0.2, 0.25) is 0 Å². The number of hydrogen-bond acceptors (Lipinski definition) is 4. The standard InChI is InChI=1S/C13H11N3OS/c1-8-13(9(2)17)14-15-16(8)11-3-4-12-10(7-11)5-6-18-12/h3-7H,1-2H3. The number of benzene rings is 1. The fourth-order valence-electron chi connectivity index (χ4n) is 1.99. The Bertz CT molecular complexity index is 742. The first-order valence-electron chi connectivity index (χ1n) is 5.57. The number of ketones is 1. The average molecular weight is 257 g/mol. The molecule has 0 amide bonds. The maximum Gasteiger partial charge on any atom is 0.181 e. The first-order valence-corrected chi connectivity index (χ1v) is 6.45. The van der Waals surface area contributed by atoms with Gasteiger partial charge in [-0.05, 0) is 42.0 Å². The van der Waals surface area contributed by atoms with Crippen molar-refractivity contribution >= 4 is 27.2 Å². The van der Waals surface area contributed by atoms with Gasteiger partial charge in [-0.1, -0.05) is 5.21 Å². The summed E-state index contributed by atoms with van der Waals surface area (Å²) in [4.78, 5) is 11.4. The van der Waals surface area contributed by atoms with Crippen LogP contribution in [0.25, 0.3) is 15.8 Å². The molecule has 0 aliphatic carbocycles. The molecule has 0 radical (unpaired) electrons. The fraction of sp³-hybridized carbons (Fsp3) is 0.154. The summed E-state index contributed by atoms with van der Waals surface area (Å²) in [6.07, 6.45) is 0. The van der Waals surface area contributed by atoms with Crippen molar-refractivity contribution in [2.75, 3.05) is 0 Å². The van der Waals surface area contributed by atoms with Gasteiger partial charge in [0.1, 0.15) is 0 Å². The molecular weight excluding hydrogens is 246 g/mol. The zero-order valence-electron chi connectivity index (χ0n) is 10.0. The quantitative estimate of drug-likeness (QED) is 0.663. The van der Waals surface area contributed by atoms with Crippen LogP contribution >= 0.6 is 11.3 Å². The van der Waals surface area contributed by atoms with Crippen LogP contribution < -0.4 is 0 Å². The van der Waals surface area contributed by atoms with E-state index in [4.69, 9.17) is 0 Å². The third-order valence-electron chi connectivity index (χ3n) is 2.91. The highest BCUT2D eigenvalue weighted by molar-refractivity contribution is 7.17. The van der Waals surface area contributed by atoms with Crippen LogP contribution in [0.15, 0.2) is 29.6 Å². The van der Waals surface area contributed by atoms with E-state index in [2.05, 4.69) is 33.9 Å². The van der Waals surface area contributed by atoms with Crippen molar-refractivity contribution in [1.82, 2.24) is 15.0 Å². The topological polar surface area (TPSA) is 47.8 Å². The van der Waals surface area contributed by atoms with Gasteiger partial charge in [0.25, 0.3) is 0 Å². The Morgan fingerprint density at radius 2 is 2.17 bits per heavy atom. The lowest BCUT2D eigenvalue weighted by Crippen LogP contribution is -2.00. The fourth-order valence-corrected chi connectivity index (χ4v) is 2.76. The SMILES string of the molecule is CC(=O)c1nnn(-c2ccc3sccc3c2)c1C. The number of rotatable bonds is 2. The molecule has 0 unspecified atom stereocenters. The van der Waals surface area contributed by atoms with Gasteiger partial charge >= 0.3 is 0 Å². The molecule has 3 rings (SSSR count). The van der Waals surface area contributed by atoms with Crippen LogP contribution in [0.2, 0.25) is 0 Å². The summed E-state index contributed by atoms with van der Waals surface area (Å²) in [5.74, 6) is -0.0599. The molecule has 5 heteroatoms. The van der Waals surface area contributed by atoms with E-state index in [1.165, 1.54) is 17.0 Å². The molecule has 3 aromatic rings. The van der Waals surface area contributed by atoms with Gasteiger partial charge in [0.05, 0.1) is 11.4 Å². The summed E-state index contributed by atoms with van der Waals surface area (Å²) < 4.78 is 2.94. The van der Waals surface area contributed by atoms with Gasteiger partial charge in [-0.25, -0.2) is 4.68 Å². The minimum absolute atomic E-state index is 0.0599. The maximum atomic E-state index is 11.4. The molecule has 0 spiro atoms. The number of carbonyl (C=O) groups is 1. The summed E-state index contributed by atoms with van der Waals surface area (Å²) in [7, 11) is 0. The van der Waals surface area contributed by atoms with Gasteiger partial charge in [-0.2, -0.15) is 0 Å². The van der Waals surface area contributed by atoms with Gasteiger partial charge < -0.3 is 0 Å². The smallest absolute Gasteiger partial charge is 0.181 e. The van der Waals surface area contributed by atoms with Crippen molar-refractivity contribution < 1.29 is 4.79 Å². The summed E-state index contributed by atoms with van der Waals surface area (Å²) >= 11 is 1.71. The number of hydrogen-bond donors (Lipinski definition) is 0. The summed E-state index contributed by atoms with van der Waals surface area (Å²) in [6.45, 7) is 3.36. The van der Waals surface area contributed by atoms with Crippen LogP contribution in [0.5, 0.6) is 0 Å². The highest BCUT2D eigenvalue weighted by atomic mass is 32.1. The third-order valence-corrected chi connectivity index (χ3v) is 3.81. The van der Waals surface area contributed by atoms with Crippen molar-refractivity contribution in [3.8, 4) is 5.69 Å². The molecule has 90 valence electrons. The van der Waals surface area contributed by atoms with Gasteiger partial charge in [-0.3, -0.25) is 4.79 Å². The van der Waals surface area contributed by atoms with Crippen LogP contribution in [0.1, 0.15) is 23.1 Å². The van der Waals surface area contributed by atoms with E-state index in [-0.39, 0.29) is 5.78 Å². The third kappa shape index (κ3) is 1.64. The lowest BCUT2D eigenvalue weighted by atomic mass is 10.2. The van der Waals surface area contributed by atoms with Crippen molar-refractivity contribution in [1.29, 1.82) is 0 Å². The Kier molecular flexibility index (Phi) is 2.48. The van der Waals surface area contributed by atoms with Gasteiger partial charge in [0, 0.05) is 11.6 Å². The van der Waals surface area contributed by atoms with Crippen LogP contribution in [0.3, 0.4) is 0 Å². The number of aromatic nitrogens is 3. The van der Waals surface area contributed by atoms with Crippen LogP contribution in [-0.4, -0.2) is 20.8 Å². The Labute approximate surface area is 108 Å². The number of nitrogens with zero attached hydrogens (tertiary/aromatic N) is 3. The van der Waals surface area contributed by atoms with Crippen molar-refractivity contribution in [2.24, 2.45) is 0 Å². The van der Waals surface area contributed by atoms with Crippen molar-refractivity contribution in [2.45, 2.75) is 13.8 Å². The number of carbonyl (C=O) groups excluding carboxylic acids is 1. The van der Waals surface area contributed by atoms with Crippen molar-refractivity contribution in [3.63, 3.8) is 0 Å². The van der Waals surface area contributed by atoms with Crippen LogP contribution in [0.4, 0.5) is 0 Å². The molecule has 0 N–H and O–H groups in total. The first kappa shape index (κ1) is 11.1. The van der Waals surface area contributed by atoms with E-state index in [9.17, 15) is 4.79 Å². The average Bonchev–Trinajstić information content (AvgIpc) is 2.93. The zero-order chi connectivity index (χ0) is 12.7. The molecule has 2 aromatic heterocycles. The predicted molar refractivity (Wildman–Crippen MR) is 71.5 cm³/mol. The largest absolute Gasteiger partial charge is 0.293 e. The Hall–Kier alpha value is -2.01. The Morgan fingerprint density at radius 3 is 2.89 bits per heavy atom. The second-order valence-electron chi connectivity index (χ2n) is 4.13. The maximum absolute atomic E-state index is 11.4. The lowest BCUT2D eigenvalue weighted by Gasteiger charge is -2.03. The van der Waals surface area contributed by atoms with E-state index >= 15 is 0 Å². The molecule has 2 heterocycles. The minimum Gasteiger partial charge on any atom is -0.293 e. The van der Waals surface area contributed by atoms with Gasteiger partial charge in [-0.15, -0.1) is 16.4 Å². The lowest BCUT2D eigenvalue weighted by molar-refractivity contribution is 0.101. The number of Topliss-reactive ketones (excluding diaryl/α,β-unsaturated/α-hetero) is 1. The Morgan fingerprint density at radius 1 is 1.33 bits per heavy atom. The molecule has 0 atom stereocenters. The predicted octanol–water partition coefficient (Wildman–Crippen LogP) is 2.99. The van der Waals surface area contributed by atoms with Crippen molar-refractivity contribution in [3.05, 3.63) is 41.0 Å². The highest BCUT2D eigenvalue weighted by Gasteiger charge is 2.13. The second kappa shape index (κ2) is 4.03. The number of fused-ring (bicyclic) bond motifs is 1. The molecular formula is C13H11N3OS. The molecule has 0 aliphatic rings. The van der Waals surface area contributed by atoms with E-state index in [0.29, 0.717) is 5.69 Å². The van der Waals surface area contributed by atoms with Gasteiger partial charge in [0.15, 0.2) is 11.5 Å². The second-order valence-corrected chi connectivity index (χ2v) is 5.08. The molecule has 0 fully saturated rings. The van der Waals surface area contributed by atoms with Crippen LogP contribution in [-0.2, 0) is 0 Å². The normalized spacial score (nSPS) is 11.0. The molecule has 1 aromatic carbocycles. The highest BCUT2D eigenvalue weighted by Crippen LogP contribution is 2.24. The first-order chi connectivity index (χ1) is 8.66. The molecule has 0 bridgehead atoms. The summed E-state index contributed by atoms with van der Waals surface area (Å²) in [5, 5.41) is 11.2. The van der Waals surface area contributed by atoms with E-state index in [1.807, 2.05) is 13.0 Å². The molecule has 0 saturated carbocycles. The molecule has 0 saturated heterocycles.